The fraction of sp³-hybridized carbons (Fsp3) is 0.812. The van der Waals surface area contributed by atoms with Crippen LogP contribution in [0.1, 0.15) is 46.2 Å². The average Bonchev–Trinajstić information content (AvgIpc) is 2.79. The number of hydrogen-bond donors (Lipinski definition) is 1. The molecule has 4 nitrogen and oxygen atoms in total. The van der Waals surface area contributed by atoms with Crippen LogP contribution in [0.15, 0.2) is 12.3 Å². The van der Waals surface area contributed by atoms with Gasteiger partial charge in [-0.25, -0.2) is 0 Å². The number of aryl methyl sites for hydroxylation is 1. The van der Waals surface area contributed by atoms with Gasteiger partial charge in [0.2, 0.25) is 0 Å². The van der Waals surface area contributed by atoms with Crippen LogP contribution in [0.2, 0.25) is 0 Å². The zero-order valence-corrected chi connectivity index (χ0v) is 13.7. The van der Waals surface area contributed by atoms with Crippen LogP contribution in [0.4, 0.5) is 0 Å². The van der Waals surface area contributed by atoms with Crippen LogP contribution >= 0.6 is 0 Å². The van der Waals surface area contributed by atoms with E-state index in [1.54, 1.807) is 0 Å². The molecule has 0 aliphatic carbocycles. The van der Waals surface area contributed by atoms with E-state index in [-0.39, 0.29) is 5.54 Å². The highest BCUT2D eigenvalue weighted by molar-refractivity contribution is 5.03. The molecule has 2 rings (SSSR count). The third-order valence-electron chi connectivity index (χ3n) is 4.62. The predicted molar refractivity (Wildman–Crippen MR) is 83.6 cm³/mol. The van der Waals surface area contributed by atoms with Gasteiger partial charge in [-0.2, -0.15) is 5.10 Å². The van der Waals surface area contributed by atoms with Crippen molar-refractivity contribution in [2.24, 2.45) is 13.0 Å². The van der Waals surface area contributed by atoms with Crippen LogP contribution in [0.5, 0.6) is 0 Å². The van der Waals surface area contributed by atoms with Gasteiger partial charge in [0.05, 0.1) is 5.69 Å². The number of nitrogens with one attached hydrogen (secondary N) is 1. The predicted octanol–water partition coefficient (Wildman–Crippen LogP) is 2.41. The van der Waals surface area contributed by atoms with Crippen molar-refractivity contribution < 1.29 is 0 Å². The molecule has 1 aliphatic rings. The Kier molecular flexibility index (Phi) is 4.86. The molecule has 1 aliphatic heterocycles. The third kappa shape index (κ3) is 3.61. The second-order valence-corrected chi connectivity index (χ2v) is 6.92. The minimum atomic E-state index is 0.241. The third-order valence-corrected chi connectivity index (χ3v) is 4.62. The van der Waals surface area contributed by atoms with Crippen molar-refractivity contribution in [3.63, 3.8) is 0 Å². The van der Waals surface area contributed by atoms with Gasteiger partial charge in [-0.15, -0.1) is 0 Å². The summed E-state index contributed by atoms with van der Waals surface area (Å²) in [6, 6.07) is 2.74. The molecule has 0 radical (unpaired) electrons. The molecule has 1 aromatic rings. The van der Waals surface area contributed by atoms with Crippen molar-refractivity contribution in [1.82, 2.24) is 20.0 Å². The lowest BCUT2D eigenvalue weighted by molar-refractivity contribution is 0.0361. The first-order valence-corrected chi connectivity index (χ1v) is 7.90. The number of hydrogen-bond acceptors (Lipinski definition) is 3. The SMILES string of the molecule is CCC1(C)CNC(CC(C)C)CN1Cc1ccn(C)n1. The van der Waals surface area contributed by atoms with Crippen molar-refractivity contribution >= 4 is 0 Å². The molecule has 1 fully saturated rings. The Labute approximate surface area is 123 Å². The lowest BCUT2D eigenvalue weighted by atomic mass is 9.90. The van der Waals surface area contributed by atoms with Gasteiger partial charge in [-0.05, 0) is 31.7 Å². The first-order chi connectivity index (χ1) is 9.43. The molecular weight excluding hydrogens is 248 g/mol. The number of nitrogens with zero attached hydrogens (tertiary/aromatic N) is 3. The molecule has 0 saturated carbocycles. The van der Waals surface area contributed by atoms with E-state index in [1.807, 2.05) is 17.9 Å². The van der Waals surface area contributed by atoms with Crippen LogP contribution in [0.25, 0.3) is 0 Å². The fourth-order valence-electron chi connectivity index (χ4n) is 3.10. The largest absolute Gasteiger partial charge is 0.311 e. The van der Waals surface area contributed by atoms with Gasteiger partial charge in [0.25, 0.3) is 0 Å². The maximum atomic E-state index is 4.55. The summed E-state index contributed by atoms with van der Waals surface area (Å²) in [6.07, 6.45) is 4.45. The van der Waals surface area contributed by atoms with Crippen molar-refractivity contribution in [1.29, 1.82) is 0 Å². The molecule has 1 saturated heterocycles. The maximum absolute atomic E-state index is 4.55. The molecule has 2 heterocycles. The second-order valence-electron chi connectivity index (χ2n) is 6.92. The monoisotopic (exact) mass is 278 g/mol. The Balaban J connectivity index is 2.07. The standard InChI is InChI=1S/C16H30N4/c1-6-16(4)12-17-15(9-13(2)3)11-20(16)10-14-7-8-19(5)18-14/h7-8,13,15,17H,6,9-12H2,1-5H3. The average molecular weight is 278 g/mol. The Hall–Kier alpha value is -0.870. The van der Waals surface area contributed by atoms with Gasteiger partial charge in [0.15, 0.2) is 0 Å². The van der Waals surface area contributed by atoms with Gasteiger partial charge in [0, 0.05) is 44.5 Å². The van der Waals surface area contributed by atoms with Crippen LogP contribution < -0.4 is 5.32 Å². The van der Waals surface area contributed by atoms with Gasteiger partial charge < -0.3 is 5.32 Å². The zero-order valence-electron chi connectivity index (χ0n) is 13.7. The molecule has 1 aromatic heterocycles. The van der Waals surface area contributed by atoms with Crippen LogP contribution in [0, 0.1) is 5.92 Å². The summed E-state index contributed by atoms with van der Waals surface area (Å²) in [6.45, 7) is 12.4. The summed E-state index contributed by atoms with van der Waals surface area (Å²) < 4.78 is 1.90. The molecule has 20 heavy (non-hydrogen) atoms. The summed E-state index contributed by atoms with van der Waals surface area (Å²) >= 11 is 0. The second kappa shape index (κ2) is 6.27. The summed E-state index contributed by atoms with van der Waals surface area (Å²) in [7, 11) is 1.99. The molecule has 4 heteroatoms. The maximum Gasteiger partial charge on any atom is 0.0764 e. The molecule has 114 valence electrons. The van der Waals surface area contributed by atoms with Gasteiger partial charge >= 0.3 is 0 Å². The topological polar surface area (TPSA) is 33.1 Å². The summed E-state index contributed by atoms with van der Waals surface area (Å²) in [5.74, 6) is 0.746. The summed E-state index contributed by atoms with van der Waals surface area (Å²) in [5.41, 5.74) is 1.42. The highest BCUT2D eigenvalue weighted by atomic mass is 15.3. The van der Waals surface area contributed by atoms with E-state index in [0.29, 0.717) is 6.04 Å². The van der Waals surface area contributed by atoms with Gasteiger partial charge in [0.1, 0.15) is 0 Å². The van der Waals surface area contributed by atoms with Gasteiger partial charge in [-0.1, -0.05) is 20.8 Å². The number of piperazine rings is 1. The zero-order chi connectivity index (χ0) is 14.8. The molecule has 0 spiro atoms. The minimum absolute atomic E-state index is 0.241. The van der Waals surface area contributed by atoms with Gasteiger partial charge in [-0.3, -0.25) is 9.58 Å². The van der Waals surface area contributed by atoms with E-state index >= 15 is 0 Å². The highest BCUT2D eigenvalue weighted by Crippen LogP contribution is 2.26. The number of aromatic nitrogens is 2. The Morgan fingerprint density at radius 3 is 2.80 bits per heavy atom. The fourth-order valence-corrected chi connectivity index (χ4v) is 3.10. The molecule has 1 N–H and O–H groups in total. The molecular formula is C16H30N4. The van der Waals surface area contributed by atoms with Crippen molar-refractivity contribution in [2.75, 3.05) is 13.1 Å². The van der Waals surface area contributed by atoms with Crippen LogP contribution in [0.3, 0.4) is 0 Å². The van der Waals surface area contributed by atoms with Crippen LogP contribution in [-0.4, -0.2) is 39.4 Å². The molecule has 0 aromatic carbocycles. The van der Waals surface area contributed by atoms with E-state index < -0.39 is 0 Å². The Bertz CT molecular complexity index is 426. The van der Waals surface area contributed by atoms with E-state index in [4.69, 9.17) is 0 Å². The molecule has 0 amide bonds. The molecule has 2 unspecified atom stereocenters. The van der Waals surface area contributed by atoms with E-state index in [2.05, 4.69) is 49.1 Å². The molecule has 0 bridgehead atoms. The Morgan fingerprint density at radius 2 is 2.25 bits per heavy atom. The van der Waals surface area contributed by atoms with E-state index in [9.17, 15) is 0 Å². The number of rotatable bonds is 5. The Morgan fingerprint density at radius 1 is 1.50 bits per heavy atom. The smallest absolute Gasteiger partial charge is 0.0764 e. The van der Waals surface area contributed by atoms with Crippen molar-refractivity contribution in [2.45, 2.75) is 58.7 Å². The highest BCUT2D eigenvalue weighted by Gasteiger charge is 2.36. The lowest BCUT2D eigenvalue weighted by Gasteiger charge is -2.48. The molecule has 2 atom stereocenters. The summed E-state index contributed by atoms with van der Waals surface area (Å²) in [4.78, 5) is 2.62. The van der Waals surface area contributed by atoms with Crippen molar-refractivity contribution in [3.05, 3.63) is 18.0 Å². The van der Waals surface area contributed by atoms with E-state index in [1.165, 1.54) is 18.5 Å². The van der Waals surface area contributed by atoms with Crippen LogP contribution in [-0.2, 0) is 13.6 Å². The first-order valence-electron chi connectivity index (χ1n) is 7.90. The lowest BCUT2D eigenvalue weighted by Crippen LogP contribution is -2.62. The first kappa shape index (κ1) is 15.5. The van der Waals surface area contributed by atoms with Crippen molar-refractivity contribution in [3.8, 4) is 0 Å². The quantitative estimate of drug-likeness (QED) is 0.898. The summed E-state index contributed by atoms with van der Waals surface area (Å²) in [5, 5.41) is 8.29. The minimum Gasteiger partial charge on any atom is -0.311 e. The normalized spacial score (nSPS) is 28.2. The van der Waals surface area contributed by atoms with E-state index in [0.717, 1.165) is 25.6 Å².